The van der Waals surface area contributed by atoms with E-state index >= 15 is 0 Å². The molecule has 1 saturated heterocycles. The number of nitrogens with one attached hydrogen (secondary N) is 1. The van der Waals surface area contributed by atoms with E-state index < -0.39 is 6.29 Å². The molecule has 2 heterocycles. The quantitative estimate of drug-likeness (QED) is 0.298. The fraction of sp³-hybridized carbons (Fsp3) is 0.310. The van der Waals surface area contributed by atoms with Gasteiger partial charge in [0.15, 0.2) is 6.29 Å². The summed E-state index contributed by atoms with van der Waals surface area (Å²) in [4.78, 5) is 11.3. The van der Waals surface area contributed by atoms with Gasteiger partial charge in [0, 0.05) is 30.7 Å². The van der Waals surface area contributed by atoms with Crippen LogP contribution in [0.4, 0.5) is 0 Å². The summed E-state index contributed by atoms with van der Waals surface area (Å²) in [5, 5.41) is 25.3. The molecular weight excluding hydrogens is 514 g/mol. The van der Waals surface area contributed by atoms with E-state index in [0.717, 1.165) is 27.9 Å². The first-order chi connectivity index (χ1) is 19.0. The first-order valence-electron chi connectivity index (χ1n) is 12.8. The lowest BCUT2D eigenvalue weighted by Gasteiger charge is -2.41. The number of para-hydroxylation sites is 1. The van der Waals surface area contributed by atoms with E-state index in [4.69, 9.17) is 9.47 Å². The number of aromatic nitrogens is 4. The fourth-order valence-electron chi connectivity index (χ4n) is 4.49. The van der Waals surface area contributed by atoms with Crippen LogP contribution in [0.15, 0.2) is 84.0 Å². The van der Waals surface area contributed by atoms with E-state index in [0.29, 0.717) is 17.5 Å². The third-order valence-electron chi connectivity index (χ3n) is 6.74. The van der Waals surface area contributed by atoms with Crippen molar-refractivity contribution in [2.24, 2.45) is 5.92 Å². The van der Waals surface area contributed by atoms with Gasteiger partial charge in [-0.05, 0) is 39.2 Å². The normalized spacial score (nSPS) is 21.0. The number of carbonyl (C=O) groups excluding carboxylic acids is 1. The van der Waals surface area contributed by atoms with Crippen LogP contribution < -0.4 is 5.32 Å². The predicted molar refractivity (Wildman–Crippen MR) is 147 cm³/mol. The number of thioether (sulfide) groups is 1. The molecule has 1 aromatic heterocycles. The topological polar surface area (TPSA) is 111 Å². The predicted octanol–water partition coefficient (Wildman–Crippen LogP) is 4.37. The molecule has 2 N–H and O–H groups in total. The molecule has 0 saturated carbocycles. The molecule has 0 spiro atoms. The maximum Gasteiger partial charge on any atom is 0.217 e. The van der Waals surface area contributed by atoms with Gasteiger partial charge in [-0.25, -0.2) is 0 Å². The summed E-state index contributed by atoms with van der Waals surface area (Å²) in [6, 6.07) is 25.5. The lowest BCUT2D eigenvalue weighted by Crippen LogP contribution is -2.38. The Morgan fingerprint density at radius 3 is 2.36 bits per heavy atom. The van der Waals surface area contributed by atoms with Crippen molar-refractivity contribution in [3.8, 4) is 5.69 Å². The second-order valence-corrected chi connectivity index (χ2v) is 10.5. The van der Waals surface area contributed by atoms with Crippen LogP contribution in [0.1, 0.15) is 48.5 Å². The highest BCUT2D eigenvalue weighted by Crippen LogP contribution is 2.43. The molecule has 3 aromatic carbocycles. The number of hydrogen-bond donors (Lipinski definition) is 2. The highest BCUT2D eigenvalue weighted by Gasteiger charge is 2.38. The summed E-state index contributed by atoms with van der Waals surface area (Å²) in [5.41, 5.74) is 4.66. The van der Waals surface area contributed by atoms with Gasteiger partial charge in [-0.15, -0.1) is 5.10 Å². The summed E-state index contributed by atoms with van der Waals surface area (Å²) in [5.74, 6) is 0.592. The number of benzene rings is 3. The van der Waals surface area contributed by atoms with Gasteiger partial charge in [-0.1, -0.05) is 85.4 Å². The standard InChI is InChI=1S/C29H31N5O4S/c1-19-26(18-39-29-31-32-33-34(29)25-6-4-3-5-7-25)37-28(24-14-8-21(9-15-24)16-30-20(2)36)38-27(19)23-12-10-22(17-35)11-13-23/h3-15,19,26-28,35H,16-18H2,1-2H3,(H,30,36)/t19-,26+,27+,28+/m1/s1. The number of tetrazole rings is 1. The van der Waals surface area contributed by atoms with Crippen LogP contribution in [0.5, 0.6) is 0 Å². The number of ether oxygens (including phenoxy) is 2. The van der Waals surface area contributed by atoms with Crippen LogP contribution in [-0.2, 0) is 27.4 Å². The average Bonchev–Trinajstić information content (AvgIpc) is 3.45. The van der Waals surface area contributed by atoms with Gasteiger partial charge < -0.3 is 19.9 Å². The van der Waals surface area contributed by atoms with Gasteiger partial charge in [-0.2, -0.15) is 4.68 Å². The molecule has 1 aliphatic rings. The third-order valence-corrected chi connectivity index (χ3v) is 7.74. The number of aliphatic hydroxyl groups excluding tert-OH is 1. The Kier molecular flexibility index (Phi) is 8.67. The third kappa shape index (κ3) is 6.54. The van der Waals surface area contributed by atoms with Crippen molar-refractivity contribution in [2.45, 2.75) is 50.7 Å². The molecule has 4 aromatic rings. The molecule has 5 rings (SSSR count). The van der Waals surface area contributed by atoms with Gasteiger partial charge in [0.25, 0.3) is 0 Å². The molecule has 39 heavy (non-hydrogen) atoms. The summed E-state index contributed by atoms with van der Waals surface area (Å²) in [7, 11) is 0. The van der Waals surface area contributed by atoms with Crippen molar-refractivity contribution in [1.29, 1.82) is 0 Å². The minimum atomic E-state index is -0.575. The monoisotopic (exact) mass is 545 g/mol. The zero-order valence-electron chi connectivity index (χ0n) is 21.8. The van der Waals surface area contributed by atoms with Crippen LogP contribution in [0.2, 0.25) is 0 Å². The van der Waals surface area contributed by atoms with Gasteiger partial charge in [-0.3, -0.25) is 4.79 Å². The second-order valence-electron chi connectivity index (χ2n) is 9.49. The molecule has 0 radical (unpaired) electrons. The SMILES string of the molecule is CC(=O)NCc1ccc([C@H]2O[C@@H](CSc3nnnn3-c3ccccc3)[C@@H](C)[C@@H](c3ccc(CO)cc3)O2)cc1. The number of carbonyl (C=O) groups is 1. The van der Waals surface area contributed by atoms with Crippen LogP contribution in [-0.4, -0.2) is 43.1 Å². The Morgan fingerprint density at radius 1 is 0.974 bits per heavy atom. The van der Waals surface area contributed by atoms with Crippen molar-refractivity contribution in [3.63, 3.8) is 0 Å². The van der Waals surface area contributed by atoms with Gasteiger partial charge in [0.1, 0.15) is 0 Å². The molecule has 202 valence electrons. The smallest absolute Gasteiger partial charge is 0.217 e. The molecule has 0 aliphatic carbocycles. The van der Waals surface area contributed by atoms with E-state index in [9.17, 15) is 9.90 Å². The van der Waals surface area contributed by atoms with E-state index in [-0.39, 0.29) is 30.6 Å². The summed E-state index contributed by atoms with van der Waals surface area (Å²) < 4.78 is 14.8. The van der Waals surface area contributed by atoms with Crippen molar-refractivity contribution >= 4 is 17.7 Å². The molecular formula is C29H31N5O4S. The first kappa shape index (κ1) is 27.0. The molecule has 0 bridgehead atoms. The van der Waals surface area contributed by atoms with Gasteiger partial charge in [0.05, 0.1) is 24.5 Å². The number of hydrogen-bond acceptors (Lipinski definition) is 8. The van der Waals surface area contributed by atoms with Crippen LogP contribution >= 0.6 is 11.8 Å². The minimum absolute atomic E-state index is 0.00662. The molecule has 4 atom stereocenters. The Bertz CT molecular complexity index is 1360. The van der Waals surface area contributed by atoms with Crippen LogP contribution in [0.3, 0.4) is 0 Å². The summed E-state index contributed by atoms with van der Waals surface area (Å²) in [6.45, 7) is 4.09. The maximum atomic E-state index is 11.3. The molecule has 1 amide bonds. The average molecular weight is 546 g/mol. The second kappa shape index (κ2) is 12.5. The van der Waals surface area contributed by atoms with Gasteiger partial charge in [0.2, 0.25) is 11.1 Å². The van der Waals surface area contributed by atoms with Crippen molar-refractivity contribution in [3.05, 3.63) is 101 Å². The number of aliphatic hydroxyl groups is 1. The molecule has 1 aliphatic heterocycles. The van der Waals surface area contributed by atoms with E-state index in [1.54, 1.807) is 16.4 Å². The number of amides is 1. The van der Waals surface area contributed by atoms with Crippen LogP contribution in [0, 0.1) is 5.92 Å². The maximum absolute atomic E-state index is 11.3. The largest absolute Gasteiger partial charge is 0.392 e. The van der Waals surface area contributed by atoms with Gasteiger partial charge >= 0.3 is 0 Å². The zero-order valence-corrected chi connectivity index (χ0v) is 22.6. The van der Waals surface area contributed by atoms with Crippen molar-refractivity contribution < 1.29 is 19.4 Å². The summed E-state index contributed by atoms with van der Waals surface area (Å²) >= 11 is 1.54. The van der Waals surface area contributed by atoms with E-state index in [2.05, 4.69) is 27.8 Å². The molecule has 9 nitrogen and oxygen atoms in total. The Labute approximate surface area is 231 Å². The lowest BCUT2D eigenvalue weighted by atomic mass is 9.91. The van der Waals surface area contributed by atoms with E-state index in [1.165, 1.54) is 6.92 Å². The Balaban J connectivity index is 1.37. The van der Waals surface area contributed by atoms with Crippen molar-refractivity contribution in [1.82, 2.24) is 25.5 Å². The summed E-state index contributed by atoms with van der Waals surface area (Å²) in [6.07, 6.45) is -0.947. The number of rotatable bonds is 9. The first-order valence-corrected chi connectivity index (χ1v) is 13.8. The van der Waals surface area contributed by atoms with E-state index in [1.807, 2.05) is 78.9 Å². The molecule has 1 fully saturated rings. The highest BCUT2D eigenvalue weighted by molar-refractivity contribution is 7.99. The zero-order chi connectivity index (χ0) is 27.2. The van der Waals surface area contributed by atoms with Crippen LogP contribution in [0.25, 0.3) is 5.69 Å². The lowest BCUT2D eigenvalue weighted by molar-refractivity contribution is -0.268. The Morgan fingerprint density at radius 2 is 1.67 bits per heavy atom. The molecule has 0 unspecified atom stereocenters. The fourth-order valence-corrected chi connectivity index (χ4v) is 5.54. The molecule has 10 heteroatoms. The highest BCUT2D eigenvalue weighted by atomic mass is 32.2. The minimum Gasteiger partial charge on any atom is -0.392 e. The van der Waals surface area contributed by atoms with Crippen molar-refractivity contribution in [2.75, 3.05) is 5.75 Å². The Hall–Kier alpha value is -3.57. The number of nitrogens with zero attached hydrogens (tertiary/aromatic N) is 4.